The molecule has 1 aromatic rings. The maximum absolute atomic E-state index is 11.5. The number of ether oxygens (including phenoxy) is 2. The van der Waals surface area contributed by atoms with Gasteiger partial charge in [0, 0.05) is 31.1 Å². The number of carbonyl (C=O) groups excluding carboxylic acids is 2. The fraction of sp³-hybridized carbons (Fsp3) is 0.636. The van der Waals surface area contributed by atoms with Crippen molar-refractivity contribution < 1.29 is 19.1 Å². The number of carbonyl (C=O) groups is 2. The zero-order valence-corrected chi connectivity index (χ0v) is 17.0. The number of rotatable bonds is 9. The van der Waals surface area contributed by atoms with Gasteiger partial charge in [-0.3, -0.25) is 9.59 Å². The highest BCUT2D eigenvalue weighted by Gasteiger charge is 2.22. The summed E-state index contributed by atoms with van der Waals surface area (Å²) in [6.45, 7) is 6.16. The third-order valence-corrected chi connectivity index (χ3v) is 4.58. The first-order chi connectivity index (χ1) is 13.1. The molecule has 5 nitrogen and oxygen atoms in total. The molecule has 0 heterocycles. The number of hydrogen-bond donors (Lipinski definition) is 1. The van der Waals surface area contributed by atoms with Crippen molar-refractivity contribution in [3.8, 4) is 0 Å². The molecule has 0 radical (unpaired) electrons. The van der Waals surface area contributed by atoms with E-state index in [1.165, 1.54) is 19.3 Å². The third-order valence-electron chi connectivity index (χ3n) is 4.58. The largest absolute Gasteiger partial charge is 0.382 e. The van der Waals surface area contributed by atoms with Crippen LogP contribution in [-0.2, 0) is 14.3 Å². The lowest BCUT2D eigenvalue weighted by Crippen LogP contribution is -2.27. The van der Waals surface area contributed by atoms with E-state index in [9.17, 15) is 9.59 Å². The summed E-state index contributed by atoms with van der Waals surface area (Å²) in [5.41, 5.74) is 0.666. The summed E-state index contributed by atoms with van der Waals surface area (Å²) in [6, 6.07) is 9.11. The highest BCUT2D eigenvalue weighted by Crippen LogP contribution is 2.26. The molecule has 1 amide bonds. The van der Waals surface area contributed by atoms with Crippen LogP contribution in [0.4, 0.5) is 0 Å². The second-order valence-corrected chi connectivity index (χ2v) is 7.12. The second-order valence-electron chi connectivity index (χ2n) is 7.12. The van der Waals surface area contributed by atoms with E-state index in [0.717, 1.165) is 12.8 Å². The van der Waals surface area contributed by atoms with Crippen LogP contribution in [0.3, 0.4) is 0 Å². The Kier molecular flexibility index (Phi) is 12.4. The molecule has 0 spiro atoms. The van der Waals surface area contributed by atoms with Crippen LogP contribution in [0.15, 0.2) is 30.3 Å². The monoisotopic (exact) mass is 377 g/mol. The van der Waals surface area contributed by atoms with Gasteiger partial charge in [-0.2, -0.15) is 0 Å². The highest BCUT2D eigenvalue weighted by molar-refractivity contribution is 5.94. The van der Waals surface area contributed by atoms with E-state index in [0.29, 0.717) is 43.6 Å². The zero-order valence-electron chi connectivity index (χ0n) is 17.0. The van der Waals surface area contributed by atoms with Crippen LogP contribution in [0.1, 0.15) is 56.3 Å². The van der Waals surface area contributed by atoms with Gasteiger partial charge in [0.25, 0.3) is 5.91 Å². The summed E-state index contributed by atoms with van der Waals surface area (Å²) < 4.78 is 10.0. The summed E-state index contributed by atoms with van der Waals surface area (Å²) in [5.74, 6) is 1.07. The van der Waals surface area contributed by atoms with Gasteiger partial charge in [-0.1, -0.05) is 51.3 Å². The summed E-state index contributed by atoms with van der Waals surface area (Å²) in [6.07, 6.45) is 6.17. The molecule has 0 unspecified atom stereocenters. The molecule has 0 bridgehead atoms. The molecule has 0 atom stereocenters. The van der Waals surface area contributed by atoms with Crippen LogP contribution in [0.5, 0.6) is 0 Å². The number of methoxy groups -OCH3 is 1. The van der Waals surface area contributed by atoms with Gasteiger partial charge in [-0.15, -0.1) is 0 Å². The Balaban J connectivity index is 0.000000289. The van der Waals surface area contributed by atoms with Crippen molar-refractivity contribution in [2.24, 2.45) is 11.8 Å². The van der Waals surface area contributed by atoms with E-state index < -0.39 is 0 Å². The van der Waals surface area contributed by atoms with Gasteiger partial charge in [-0.05, 0) is 25.0 Å². The minimum Gasteiger partial charge on any atom is -0.382 e. The Labute approximate surface area is 163 Å². The smallest absolute Gasteiger partial charge is 0.251 e. The first-order valence-electron chi connectivity index (χ1n) is 10.00. The van der Waals surface area contributed by atoms with E-state index in [-0.39, 0.29) is 11.8 Å². The maximum Gasteiger partial charge on any atom is 0.251 e. The van der Waals surface area contributed by atoms with Crippen molar-refractivity contribution in [1.82, 2.24) is 5.32 Å². The van der Waals surface area contributed by atoms with Gasteiger partial charge >= 0.3 is 0 Å². The summed E-state index contributed by atoms with van der Waals surface area (Å²) >= 11 is 0. The number of benzene rings is 1. The van der Waals surface area contributed by atoms with E-state index in [2.05, 4.69) is 5.32 Å². The average molecular weight is 378 g/mol. The van der Waals surface area contributed by atoms with Crippen molar-refractivity contribution in [3.05, 3.63) is 35.9 Å². The zero-order chi connectivity index (χ0) is 19.9. The van der Waals surface area contributed by atoms with Gasteiger partial charge in [0.1, 0.15) is 5.78 Å². The highest BCUT2D eigenvalue weighted by atomic mass is 16.5. The van der Waals surface area contributed by atoms with Crippen LogP contribution >= 0.6 is 0 Å². The van der Waals surface area contributed by atoms with Crippen LogP contribution < -0.4 is 5.32 Å². The Bertz CT molecular complexity index is 524. The number of Topliss-reactive ketones (excluding diaryl/α,β-unsaturated/α-hetero) is 1. The number of hydrogen-bond acceptors (Lipinski definition) is 4. The third kappa shape index (κ3) is 10.3. The van der Waals surface area contributed by atoms with Crippen molar-refractivity contribution in [2.75, 3.05) is 33.5 Å². The molecule has 1 fully saturated rings. The first kappa shape index (κ1) is 23.3. The van der Waals surface area contributed by atoms with Gasteiger partial charge in [0.2, 0.25) is 0 Å². The van der Waals surface area contributed by atoms with E-state index in [1.54, 1.807) is 19.2 Å². The quantitative estimate of drug-likeness (QED) is 0.664. The molecule has 0 aromatic heterocycles. The first-order valence-corrected chi connectivity index (χ1v) is 10.00. The Morgan fingerprint density at radius 1 is 1.04 bits per heavy atom. The topological polar surface area (TPSA) is 64.6 Å². The normalized spacial score (nSPS) is 14.4. The van der Waals surface area contributed by atoms with Gasteiger partial charge < -0.3 is 14.8 Å². The second kappa shape index (κ2) is 14.4. The van der Waals surface area contributed by atoms with Gasteiger partial charge in [0.15, 0.2) is 0 Å². The number of ketones is 1. The molecule has 1 aliphatic rings. The molecule has 2 rings (SSSR count). The molecular formula is C22H35NO4. The lowest BCUT2D eigenvalue weighted by Gasteiger charge is -2.21. The molecule has 5 heteroatoms. The van der Waals surface area contributed by atoms with Crippen molar-refractivity contribution in [3.63, 3.8) is 0 Å². The van der Waals surface area contributed by atoms with Crippen LogP contribution in [0.2, 0.25) is 0 Å². The Hall–Kier alpha value is -1.72. The minimum absolute atomic E-state index is 0.0732. The maximum atomic E-state index is 11.5. The minimum atomic E-state index is -0.0732. The van der Waals surface area contributed by atoms with Crippen molar-refractivity contribution >= 4 is 11.7 Å². The molecule has 27 heavy (non-hydrogen) atoms. The fourth-order valence-electron chi connectivity index (χ4n) is 3.03. The molecule has 152 valence electrons. The molecule has 0 saturated heterocycles. The summed E-state index contributed by atoms with van der Waals surface area (Å²) in [4.78, 5) is 23.0. The van der Waals surface area contributed by atoms with Crippen LogP contribution in [0, 0.1) is 11.8 Å². The van der Waals surface area contributed by atoms with E-state index in [1.807, 2.05) is 32.0 Å². The van der Waals surface area contributed by atoms with Crippen LogP contribution in [-0.4, -0.2) is 45.2 Å². The number of nitrogens with one attached hydrogen (secondary N) is 1. The fourth-order valence-corrected chi connectivity index (χ4v) is 3.03. The summed E-state index contributed by atoms with van der Waals surface area (Å²) in [5, 5.41) is 2.77. The lowest BCUT2D eigenvalue weighted by molar-refractivity contribution is -0.126. The lowest BCUT2D eigenvalue weighted by atomic mass is 9.83. The molecular weight excluding hydrogens is 342 g/mol. The molecule has 1 aliphatic carbocycles. The standard InChI is InChI=1S/C12H17NO3.C10H18O/c1-15-9-10-16-8-7-13-12(14)11-5-3-2-4-6-11;1-8(2)10(11)9-6-4-3-5-7-9/h2-6H,7-10H2,1H3,(H,13,14);8-9H,3-7H2,1-2H3. The van der Waals surface area contributed by atoms with Gasteiger partial charge in [0.05, 0.1) is 19.8 Å². The van der Waals surface area contributed by atoms with Crippen molar-refractivity contribution in [1.29, 1.82) is 0 Å². The molecule has 0 aliphatic heterocycles. The predicted molar refractivity (Wildman–Crippen MR) is 108 cm³/mol. The SMILES string of the molecule is CC(C)C(=O)C1CCCCC1.COCCOCCNC(=O)c1ccccc1. The van der Waals surface area contributed by atoms with E-state index >= 15 is 0 Å². The van der Waals surface area contributed by atoms with E-state index in [4.69, 9.17) is 9.47 Å². The Morgan fingerprint density at radius 2 is 1.70 bits per heavy atom. The molecule has 1 aromatic carbocycles. The predicted octanol–water partition coefficient (Wildman–Crippen LogP) is 3.87. The Morgan fingerprint density at radius 3 is 2.30 bits per heavy atom. The van der Waals surface area contributed by atoms with Crippen molar-refractivity contribution in [2.45, 2.75) is 46.0 Å². The molecule has 1 saturated carbocycles. The summed E-state index contributed by atoms with van der Waals surface area (Å²) in [7, 11) is 1.63. The number of amides is 1. The van der Waals surface area contributed by atoms with Crippen LogP contribution in [0.25, 0.3) is 0 Å². The van der Waals surface area contributed by atoms with Gasteiger partial charge in [-0.25, -0.2) is 0 Å². The average Bonchev–Trinajstić information content (AvgIpc) is 2.71. The molecule has 1 N–H and O–H groups in total.